The third kappa shape index (κ3) is 5.04. The first kappa shape index (κ1) is 20.4. The lowest BCUT2D eigenvalue weighted by atomic mass is 10.1. The molecule has 0 saturated carbocycles. The van der Waals surface area contributed by atoms with Crippen molar-refractivity contribution in [3.05, 3.63) is 28.8 Å². The van der Waals surface area contributed by atoms with E-state index in [2.05, 4.69) is 5.32 Å². The van der Waals surface area contributed by atoms with Gasteiger partial charge in [-0.15, -0.1) is 11.8 Å². The molecule has 1 N–H and O–H groups in total. The van der Waals surface area contributed by atoms with Crippen LogP contribution in [0.15, 0.2) is 18.2 Å². The number of carbonyl (C=O) groups excluding carboxylic acids is 3. The molecule has 0 aliphatic carbocycles. The Morgan fingerprint density at radius 2 is 2.15 bits per heavy atom. The Morgan fingerprint density at radius 3 is 2.77 bits per heavy atom. The van der Waals surface area contributed by atoms with E-state index in [1.54, 1.807) is 6.92 Å². The third-order valence-electron chi connectivity index (χ3n) is 3.78. The molecular formula is C17H22ClN3O4S. The van der Waals surface area contributed by atoms with E-state index < -0.39 is 11.9 Å². The minimum absolute atomic E-state index is 0.137. The van der Waals surface area contributed by atoms with E-state index in [1.807, 2.05) is 37.2 Å². The molecule has 1 saturated heterocycles. The van der Waals surface area contributed by atoms with Crippen LogP contribution in [0.1, 0.15) is 17.9 Å². The quantitative estimate of drug-likeness (QED) is 0.702. The van der Waals surface area contributed by atoms with Gasteiger partial charge in [0.25, 0.3) is 0 Å². The van der Waals surface area contributed by atoms with Gasteiger partial charge in [-0.1, -0.05) is 17.7 Å². The molecule has 2 rings (SSSR count). The number of hydrogen-bond donors (Lipinski definition) is 1. The summed E-state index contributed by atoms with van der Waals surface area (Å²) in [6.45, 7) is 1.59. The van der Waals surface area contributed by atoms with Crippen LogP contribution in [0.4, 0.5) is 5.69 Å². The van der Waals surface area contributed by atoms with Crippen LogP contribution < -0.4 is 10.2 Å². The van der Waals surface area contributed by atoms with Gasteiger partial charge in [0.15, 0.2) is 0 Å². The second-order valence-electron chi connectivity index (χ2n) is 5.87. The molecule has 1 aromatic rings. The molecule has 1 atom stereocenters. The van der Waals surface area contributed by atoms with Crippen molar-refractivity contribution in [1.82, 2.24) is 10.2 Å². The van der Waals surface area contributed by atoms with Gasteiger partial charge in [0.2, 0.25) is 11.8 Å². The molecule has 0 bridgehead atoms. The number of hydrogen-bond acceptors (Lipinski definition) is 6. The minimum atomic E-state index is -0.512. The molecule has 0 aromatic heterocycles. The number of anilines is 1. The van der Waals surface area contributed by atoms with E-state index in [4.69, 9.17) is 16.3 Å². The van der Waals surface area contributed by atoms with Gasteiger partial charge < -0.3 is 19.9 Å². The Labute approximate surface area is 162 Å². The summed E-state index contributed by atoms with van der Waals surface area (Å²) in [5.41, 5.74) is 1.73. The summed E-state index contributed by atoms with van der Waals surface area (Å²) in [6.07, 6.45) is 0. The average molecular weight is 400 g/mol. The van der Waals surface area contributed by atoms with Gasteiger partial charge in [-0.25, -0.2) is 0 Å². The van der Waals surface area contributed by atoms with Crippen LogP contribution in [-0.2, 0) is 19.1 Å². The predicted octanol–water partition coefficient (Wildman–Crippen LogP) is 1.66. The van der Waals surface area contributed by atoms with Gasteiger partial charge in [0, 0.05) is 30.4 Å². The maximum Gasteiger partial charge on any atom is 0.325 e. The number of rotatable bonds is 7. The van der Waals surface area contributed by atoms with Crippen molar-refractivity contribution in [3.63, 3.8) is 0 Å². The number of nitrogens with zero attached hydrogens (tertiary/aromatic N) is 2. The number of benzene rings is 1. The van der Waals surface area contributed by atoms with E-state index in [-0.39, 0.29) is 36.7 Å². The maximum atomic E-state index is 12.2. The summed E-state index contributed by atoms with van der Waals surface area (Å²) in [5.74, 6) is -0.789. The van der Waals surface area contributed by atoms with Gasteiger partial charge in [-0.05, 0) is 19.1 Å². The first-order valence-electron chi connectivity index (χ1n) is 8.13. The minimum Gasteiger partial charge on any atom is -0.465 e. The Balaban J connectivity index is 2.06. The molecule has 1 aliphatic heterocycles. The molecule has 1 heterocycles. The lowest BCUT2D eigenvalue weighted by molar-refractivity contribution is -0.143. The van der Waals surface area contributed by atoms with Gasteiger partial charge in [0.1, 0.15) is 18.5 Å². The van der Waals surface area contributed by atoms with Crippen LogP contribution >= 0.6 is 23.4 Å². The molecule has 1 fully saturated rings. The van der Waals surface area contributed by atoms with E-state index in [9.17, 15) is 14.4 Å². The molecular weight excluding hydrogens is 378 g/mol. The highest BCUT2D eigenvalue weighted by Crippen LogP contribution is 2.42. The number of esters is 1. The molecule has 1 unspecified atom stereocenters. The zero-order valence-electron chi connectivity index (χ0n) is 15.0. The topological polar surface area (TPSA) is 79.0 Å². The Hall–Kier alpha value is -1.93. The number of carbonyl (C=O) groups is 3. The maximum absolute atomic E-state index is 12.2. The third-order valence-corrected chi connectivity index (χ3v) is 5.35. The fourth-order valence-corrected chi connectivity index (χ4v) is 4.04. The van der Waals surface area contributed by atoms with Crippen molar-refractivity contribution < 1.29 is 19.1 Å². The fraction of sp³-hybridized carbons (Fsp3) is 0.471. The molecule has 2 amide bonds. The summed E-state index contributed by atoms with van der Waals surface area (Å²) < 4.78 is 4.76. The van der Waals surface area contributed by atoms with Gasteiger partial charge >= 0.3 is 5.97 Å². The molecule has 7 nitrogen and oxygen atoms in total. The zero-order chi connectivity index (χ0) is 19.3. The highest BCUT2D eigenvalue weighted by Gasteiger charge is 2.35. The van der Waals surface area contributed by atoms with E-state index >= 15 is 0 Å². The Bertz CT molecular complexity index is 699. The number of halogens is 1. The molecule has 0 radical (unpaired) electrons. The van der Waals surface area contributed by atoms with Crippen molar-refractivity contribution in [2.24, 2.45) is 0 Å². The number of ether oxygens (including phenoxy) is 1. The number of thioether (sulfide) groups is 1. The lowest BCUT2D eigenvalue weighted by Crippen LogP contribution is -2.41. The van der Waals surface area contributed by atoms with Gasteiger partial charge in [0.05, 0.1) is 12.4 Å². The van der Waals surface area contributed by atoms with E-state index in [1.165, 1.54) is 16.7 Å². The molecule has 1 aliphatic rings. The molecule has 9 heteroatoms. The molecule has 142 valence electrons. The predicted molar refractivity (Wildman–Crippen MR) is 102 cm³/mol. The standard InChI is InChI=1S/C17H22ClN3O4S/c1-4-25-16(24)8-19-14(22)9-21-15(23)10-26-17(21)12-6-5-11(20(2)3)7-13(12)18/h5-7,17H,4,8-10H2,1-3H3,(H,19,22). The molecule has 0 spiro atoms. The average Bonchev–Trinajstić information content (AvgIpc) is 2.94. The fourth-order valence-electron chi connectivity index (χ4n) is 2.47. The first-order valence-corrected chi connectivity index (χ1v) is 9.56. The van der Waals surface area contributed by atoms with Crippen molar-refractivity contribution in [1.29, 1.82) is 0 Å². The number of amides is 2. The van der Waals surface area contributed by atoms with Gasteiger partial charge in [-0.2, -0.15) is 0 Å². The summed E-state index contributed by atoms with van der Waals surface area (Å²) >= 11 is 7.82. The highest BCUT2D eigenvalue weighted by molar-refractivity contribution is 8.00. The monoisotopic (exact) mass is 399 g/mol. The molecule has 1 aromatic carbocycles. The number of nitrogens with one attached hydrogen (secondary N) is 1. The van der Waals surface area contributed by atoms with Crippen LogP contribution in [0.5, 0.6) is 0 Å². The van der Waals surface area contributed by atoms with Crippen LogP contribution in [-0.4, -0.2) is 62.2 Å². The summed E-state index contributed by atoms with van der Waals surface area (Å²) in [4.78, 5) is 39.0. The first-order chi connectivity index (χ1) is 12.3. The molecule has 26 heavy (non-hydrogen) atoms. The second-order valence-corrected chi connectivity index (χ2v) is 7.34. The van der Waals surface area contributed by atoms with Crippen LogP contribution in [0.25, 0.3) is 0 Å². The van der Waals surface area contributed by atoms with Crippen LogP contribution in [0.3, 0.4) is 0 Å². The van der Waals surface area contributed by atoms with Crippen molar-refractivity contribution in [2.45, 2.75) is 12.3 Å². The van der Waals surface area contributed by atoms with Gasteiger partial charge in [-0.3, -0.25) is 14.4 Å². The largest absolute Gasteiger partial charge is 0.465 e. The SMILES string of the molecule is CCOC(=O)CNC(=O)CN1C(=O)CSC1c1ccc(N(C)C)cc1Cl. The summed E-state index contributed by atoms with van der Waals surface area (Å²) in [5, 5.41) is 2.68. The highest BCUT2D eigenvalue weighted by atomic mass is 35.5. The van der Waals surface area contributed by atoms with E-state index in [0.717, 1.165) is 11.3 Å². The lowest BCUT2D eigenvalue weighted by Gasteiger charge is -2.25. The van der Waals surface area contributed by atoms with Crippen molar-refractivity contribution in [2.75, 3.05) is 44.4 Å². The smallest absolute Gasteiger partial charge is 0.325 e. The van der Waals surface area contributed by atoms with Crippen LogP contribution in [0, 0.1) is 0 Å². The van der Waals surface area contributed by atoms with Crippen LogP contribution in [0.2, 0.25) is 5.02 Å². The van der Waals surface area contributed by atoms with Crippen molar-refractivity contribution in [3.8, 4) is 0 Å². The zero-order valence-corrected chi connectivity index (χ0v) is 16.5. The summed E-state index contributed by atoms with van der Waals surface area (Å²) in [7, 11) is 3.83. The van der Waals surface area contributed by atoms with E-state index in [0.29, 0.717) is 5.02 Å². The van der Waals surface area contributed by atoms with Crippen molar-refractivity contribution >= 4 is 46.8 Å². The normalized spacial score (nSPS) is 16.5. The second kappa shape index (κ2) is 9.14. The Kier molecular flexibility index (Phi) is 7.16. The Morgan fingerprint density at radius 1 is 1.42 bits per heavy atom. The summed E-state index contributed by atoms with van der Waals surface area (Å²) in [6, 6.07) is 5.63.